The van der Waals surface area contributed by atoms with Crippen molar-refractivity contribution in [1.82, 2.24) is 14.8 Å². The minimum absolute atomic E-state index is 0.746. The molecule has 21 heavy (non-hydrogen) atoms. The van der Waals surface area contributed by atoms with Gasteiger partial charge in [0.05, 0.1) is 0 Å². The van der Waals surface area contributed by atoms with E-state index in [-0.39, 0.29) is 0 Å². The normalized spacial score (nSPS) is 22.3. The van der Waals surface area contributed by atoms with E-state index in [1.165, 1.54) is 63.8 Å². The summed E-state index contributed by atoms with van der Waals surface area (Å²) >= 11 is 0. The molecule has 1 aromatic rings. The second kappa shape index (κ2) is 7.20. The van der Waals surface area contributed by atoms with E-state index in [0.29, 0.717) is 0 Å². The quantitative estimate of drug-likeness (QED) is 0.654. The Morgan fingerprint density at radius 3 is 2.62 bits per heavy atom. The summed E-state index contributed by atoms with van der Waals surface area (Å²) in [6.07, 6.45) is 8.66. The van der Waals surface area contributed by atoms with Crippen LogP contribution in [0.25, 0.3) is 0 Å². The fourth-order valence-electron chi connectivity index (χ4n) is 3.64. The lowest BCUT2D eigenvalue weighted by Crippen LogP contribution is -2.46. The number of likely N-dealkylation sites (tertiary alicyclic amines) is 2. The first kappa shape index (κ1) is 14.8. The molecule has 0 atom stereocenters. The molecule has 2 fully saturated rings. The van der Waals surface area contributed by atoms with E-state index in [1.807, 2.05) is 12.3 Å². The number of nitrogens with one attached hydrogen (secondary N) is 1. The Morgan fingerprint density at radius 1 is 1.14 bits per heavy atom. The number of anilines is 1. The lowest BCUT2D eigenvalue weighted by molar-refractivity contribution is 0.0896. The van der Waals surface area contributed by atoms with Gasteiger partial charge >= 0.3 is 0 Å². The zero-order valence-corrected chi connectivity index (χ0v) is 12.8. The summed E-state index contributed by atoms with van der Waals surface area (Å²) in [4.78, 5) is 9.44. The second-order valence-electron chi connectivity index (χ2n) is 6.30. The Balaban J connectivity index is 1.48. The third-order valence-electron chi connectivity index (χ3n) is 4.84. The van der Waals surface area contributed by atoms with Crippen LogP contribution in [0.15, 0.2) is 18.3 Å². The second-order valence-corrected chi connectivity index (χ2v) is 6.30. The summed E-state index contributed by atoms with van der Waals surface area (Å²) in [6.45, 7) is 6.05. The van der Waals surface area contributed by atoms with Crippen molar-refractivity contribution in [2.75, 3.05) is 31.6 Å². The highest BCUT2D eigenvalue weighted by atomic mass is 15.2. The standard InChI is InChI=1S/C16H27N5/c17-19-16-12-14(4-7-18-16)13-20-10-5-15(6-11-20)21-8-2-1-3-9-21/h4,7,12,15H,1-3,5-6,8-11,13,17H2,(H,18,19). The first-order valence-electron chi connectivity index (χ1n) is 8.23. The van der Waals surface area contributed by atoms with Crippen LogP contribution in [-0.2, 0) is 6.54 Å². The molecule has 5 nitrogen and oxygen atoms in total. The molecule has 116 valence electrons. The maximum absolute atomic E-state index is 5.42. The molecule has 0 unspecified atom stereocenters. The number of rotatable bonds is 4. The molecule has 2 aliphatic heterocycles. The minimum Gasteiger partial charge on any atom is -0.308 e. The first-order valence-corrected chi connectivity index (χ1v) is 8.23. The zero-order valence-electron chi connectivity index (χ0n) is 12.8. The van der Waals surface area contributed by atoms with Gasteiger partial charge in [0.15, 0.2) is 0 Å². The van der Waals surface area contributed by atoms with Crippen LogP contribution >= 0.6 is 0 Å². The van der Waals surface area contributed by atoms with Gasteiger partial charge in [0.1, 0.15) is 5.82 Å². The van der Waals surface area contributed by atoms with Gasteiger partial charge in [-0.3, -0.25) is 4.90 Å². The Hall–Kier alpha value is -1.17. The molecule has 1 aromatic heterocycles. The van der Waals surface area contributed by atoms with Crippen molar-refractivity contribution in [3.63, 3.8) is 0 Å². The van der Waals surface area contributed by atoms with Gasteiger partial charge in [-0.05, 0) is 69.6 Å². The third kappa shape index (κ3) is 3.93. The van der Waals surface area contributed by atoms with Crippen LogP contribution in [-0.4, -0.2) is 47.0 Å². The van der Waals surface area contributed by atoms with Crippen molar-refractivity contribution in [2.45, 2.75) is 44.7 Å². The average Bonchev–Trinajstić information content (AvgIpc) is 2.56. The molecular formula is C16H27N5. The van der Waals surface area contributed by atoms with Gasteiger partial charge in [0.2, 0.25) is 0 Å². The van der Waals surface area contributed by atoms with Gasteiger partial charge in [-0.15, -0.1) is 0 Å². The summed E-state index contributed by atoms with van der Waals surface area (Å²) in [5.74, 6) is 6.17. The highest BCUT2D eigenvalue weighted by Gasteiger charge is 2.25. The van der Waals surface area contributed by atoms with Gasteiger partial charge in [0.25, 0.3) is 0 Å². The van der Waals surface area contributed by atoms with E-state index >= 15 is 0 Å². The molecule has 3 rings (SSSR count). The maximum atomic E-state index is 5.42. The van der Waals surface area contributed by atoms with E-state index in [4.69, 9.17) is 5.84 Å². The summed E-state index contributed by atoms with van der Waals surface area (Å²) in [6, 6.07) is 4.94. The van der Waals surface area contributed by atoms with E-state index in [1.54, 1.807) is 0 Å². The average molecular weight is 289 g/mol. The Kier molecular flexibility index (Phi) is 5.06. The van der Waals surface area contributed by atoms with Crippen molar-refractivity contribution < 1.29 is 0 Å². The van der Waals surface area contributed by atoms with Crippen molar-refractivity contribution in [3.05, 3.63) is 23.9 Å². The van der Waals surface area contributed by atoms with Crippen molar-refractivity contribution >= 4 is 5.82 Å². The molecular weight excluding hydrogens is 262 g/mol. The number of nitrogen functional groups attached to an aromatic ring is 1. The number of nitrogens with two attached hydrogens (primary N) is 1. The van der Waals surface area contributed by atoms with Gasteiger partial charge in [-0.25, -0.2) is 10.8 Å². The van der Waals surface area contributed by atoms with Crippen LogP contribution in [0.3, 0.4) is 0 Å². The molecule has 3 N–H and O–H groups in total. The summed E-state index contributed by atoms with van der Waals surface area (Å²) in [5.41, 5.74) is 3.90. The largest absolute Gasteiger partial charge is 0.308 e. The number of hydrazine groups is 1. The Labute approximate surface area is 127 Å². The van der Waals surface area contributed by atoms with E-state index in [2.05, 4.69) is 26.3 Å². The smallest absolute Gasteiger partial charge is 0.140 e. The van der Waals surface area contributed by atoms with Crippen LogP contribution in [0, 0.1) is 0 Å². The zero-order chi connectivity index (χ0) is 14.5. The SMILES string of the molecule is NNc1cc(CN2CCC(N3CCCCC3)CC2)ccn1. The number of hydrogen-bond acceptors (Lipinski definition) is 5. The summed E-state index contributed by atoms with van der Waals surface area (Å²) in [5, 5.41) is 0. The maximum Gasteiger partial charge on any atom is 0.140 e. The number of nitrogens with zero attached hydrogens (tertiary/aromatic N) is 3. The summed E-state index contributed by atoms with van der Waals surface area (Å²) in [7, 11) is 0. The van der Waals surface area contributed by atoms with Crippen molar-refractivity contribution in [3.8, 4) is 0 Å². The Bertz CT molecular complexity index is 436. The van der Waals surface area contributed by atoms with Crippen LogP contribution in [0.4, 0.5) is 5.82 Å². The number of piperidine rings is 2. The predicted octanol–water partition coefficient (Wildman–Crippen LogP) is 1.82. The van der Waals surface area contributed by atoms with Gasteiger partial charge < -0.3 is 10.3 Å². The van der Waals surface area contributed by atoms with Crippen molar-refractivity contribution in [1.29, 1.82) is 0 Å². The van der Waals surface area contributed by atoms with Gasteiger partial charge in [-0.2, -0.15) is 0 Å². The molecule has 5 heteroatoms. The van der Waals surface area contributed by atoms with Gasteiger partial charge in [-0.1, -0.05) is 6.42 Å². The van der Waals surface area contributed by atoms with E-state index in [9.17, 15) is 0 Å². The lowest BCUT2D eigenvalue weighted by atomic mass is 9.99. The molecule has 2 aliphatic rings. The number of hydrogen-bond donors (Lipinski definition) is 2. The molecule has 0 aromatic carbocycles. The minimum atomic E-state index is 0.746. The molecule has 2 saturated heterocycles. The topological polar surface area (TPSA) is 57.4 Å². The third-order valence-corrected chi connectivity index (χ3v) is 4.84. The van der Waals surface area contributed by atoms with E-state index < -0.39 is 0 Å². The predicted molar refractivity (Wildman–Crippen MR) is 85.8 cm³/mol. The first-order chi connectivity index (χ1) is 10.3. The van der Waals surface area contributed by atoms with Crippen LogP contribution in [0.1, 0.15) is 37.7 Å². The molecule has 0 amide bonds. The molecule has 0 radical (unpaired) electrons. The summed E-state index contributed by atoms with van der Waals surface area (Å²) < 4.78 is 0. The van der Waals surface area contributed by atoms with Crippen molar-refractivity contribution in [2.24, 2.45) is 5.84 Å². The fraction of sp³-hybridized carbons (Fsp3) is 0.688. The molecule has 0 aliphatic carbocycles. The monoisotopic (exact) mass is 289 g/mol. The lowest BCUT2D eigenvalue weighted by Gasteiger charge is -2.40. The molecule has 0 saturated carbocycles. The van der Waals surface area contributed by atoms with Gasteiger partial charge in [0, 0.05) is 18.8 Å². The molecule has 0 bridgehead atoms. The number of pyridine rings is 1. The highest BCUT2D eigenvalue weighted by Crippen LogP contribution is 2.22. The van der Waals surface area contributed by atoms with Crippen LogP contribution < -0.4 is 11.3 Å². The van der Waals surface area contributed by atoms with E-state index in [0.717, 1.165) is 18.4 Å². The molecule has 0 spiro atoms. The van der Waals surface area contributed by atoms with Crippen LogP contribution in [0.2, 0.25) is 0 Å². The van der Waals surface area contributed by atoms with Crippen LogP contribution in [0.5, 0.6) is 0 Å². The molecule has 3 heterocycles. The number of aromatic nitrogens is 1. The highest BCUT2D eigenvalue weighted by molar-refractivity contribution is 5.35. The fourth-order valence-corrected chi connectivity index (χ4v) is 3.64. The Morgan fingerprint density at radius 2 is 1.90 bits per heavy atom.